The molecule has 0 bridgehead atoms. The summed E-state index contributed by atoms with van der Waals surface area (Å²) in [6.07, 6.45) is 0.448. The Kier molecular flexibility index (Phi) is 17.2. The second kappa shape index (κ2) is 21.5. The summed E-state index contributed by atoms with van der Waals surface area (Å²) in [6, 6.07) is 1.23. The van der Waals surface area contributed by atoms with Crippen LogP contribution in [0.2, 0.25) is 0 Å². The molecule has 1 aromatic carbocycles. The number of aliphatic carboxylic acids is 2. The lowest BCUT2D eigenvalue weighted by Gasteiger charge is -2.21. The van der Waals surface area contributed by atoms with E-state index in [9.17, 15) is 52.2 Å². The lowest BCUT2D eigenvalue weighted by molar-refractivity contribution is -0.141. The van der Waals surface area contributed by atoms with E-state index in [1.54, 1.807) is 0 Å². The number of nitrogens with one attached hydrogen (secondary N) is 6. The number of nitrogens with two attached hydrogens (primary N) is 1. The molecule has 25 heteroatoms. The highest BCUT2D eigenvalue weighted by Crippen LogP contribution is 2.22. The Labute approximate surface area is 326 Å². The van der Waals surface area contributed by atoms with Gasteiger partial charge in [0, 0.05) is 35.7 Å². The molecule has 4 amide bonds. The maximum absolute atomic E-state index is 13.1. The van der Waals surface area contributed by atoms with E-state index in [-0.39, 0.29) is 35.0 Å². The second-order valence-corrected chi connectivity index (χ2v) is 16.0. The Hall–Kier alpha value is -5.53. The van der Waals surface area contributed by atoms with Crippen LogP contribution in [0.3, 0.4) is 0 Å². The van der Waals surface area contributed by atoms with Crippen molar-refractivity contribution in [3.8, 4) is 0 Å². The monoisotopic (exact) mass is 840 g/mol. The van der Waals surface area contributed by atoms with E-state index < -0.39 is 101 Å². The zero-order valence-corrected chi connectivity index (χ0v) is 32.1. The number of rotatable bonds is 23. The van der Waals surface area contributed by atoms with Gasteiger partial charge in [0.15, 0.2) is 11.2 Å². The number of aromatic nitrogens is 4. The molecular formula is C31H40N10O12S3. The van der Waals surface area contributed by atoms with Crippen molar-refractivity contribution in [2.45, 2.75) is 57.3 Å². The van der Waals surface area contributed by atoms with Crippen LogP contribution in [0.1, 0.15) is 48.7 Å². The van der Waals surface area contributed by atoms with Gasteiger partial charge in [0.25, 0.3) is 21.6 Å². The van der Waals surface area contributed by atoms with E-state index in [1.165, 1.54) is 52.1 Å². The Balaban J connectivity index is 1.60. The zero-order chi connectivity index (χ0) is 41.4. The summed E-state index contributed by atoms with van der Waals surface area (Å²) in [5, 5.41) is 31.4. The second-order valence-electron chi connectivity index (χ2n) is 11.8. The number of hydrogen-bond donors (Lipinski definition) is 10. The molecule has 304 valence electrons. The van der Waals surface area contributed by atoms with Crippen molar-refractivity contribution in [3.05, 3.63) is 52.1 Å². The molecule has 0 aliphatic rings. The minimum atomic E-state index is -4.42. The third kappa shape index (κ3) is 15.3. The molecule has 2 heterocycles. The molecule has 3 rings (SSSR count). The van der Waals surface area contributed by atoms with Gasteiger partial charge in [-0.3, -0.25) is 33.5 Å². The standard InChI is InChI=1S/C31H40N10O12S3/c1-2-10-54-55-15-21(30(49)50)39-27(45)20(12-23(43)33-9-11-56(51,52)53)37-22(42)8-7-19(29(47)48)38-26(44)16-3-5-17(6-4-16)34-13-18-14-35-25-24(36-18)28(46)41-31(32)40-25/h3-6,14,19-21,34H,2,7-13,15H2,1H3,(H,33,43)(H,37,42)(H,38,44)(H,39,45)(H,47,48)(H,49,50)(H,51,52,53)(H3,32,35,40,41,46)/t19-,20-,21-/m0/s1. The average molecular weight is 841 g/mol. The molecule has 0 radical (unpaired) electrons. The van der Waals surface area contributed by atoms with E-state index in [0.29, 0.717) is 11.4 Å². The van der Waals surface area contributed by atoms with Gasteiger partial charge in [0.05, 0.1) is 30.6 Å². The first-order chi connectivity index (χ1) is 26.4. The van der Waals surface area contributed by atoms with Crippen molar-refractivity contribution < 1.29 is 52.0 Å². The van der Waals surface area contributed by atoms with Crippen LogP contribution in [0.25, 0.3) is 11.2 Å². The number of carbonyl (C=O) groups excluding carboxylic acids is 4. The Bertz CT molecular complexity index is 2070. The molecule has 0 fully saturated rings. The maximum atomic E-state index is 13.1. The molecule has 56 heavy (non-hydrogen) atoms. The van der Waals surface area contributed by atoms with E-state index in [1.807, 2.05) is 6.92 Å². The predicted octanol–water partition coefficient (Wildman–Crippen LogP) is -0.890. The van der Waals surface area contributed by atoms with Crippen molar-refractivity contribution in [1.29, 1.82) is 0 Å². The SMILES string of the molecule is CCCSSC[C@H](NC(=O)[C@H](CC(=O)NCCS(=O)(=O)O)NC(=O)CC[C@H](NC(=O)c1ccc(NCc2cnc3nc(N)[nH]c(=O)c3n2)cc1)C(=O)O)C(=O)O. The first-order valence-corrected chi connectivity index (χ1v) is 20.7. The van der Waals surface area contributed by atoms with Crippen LogP contribution in [-0.4, -0.2) is 121 Å². The molecule has 2 aromatic heterocycles. The van der Waals surface area contributed by atoms with Gasteiger partial charge in [-0.05, 0) is 37.1 Å². The molecule has 22 nitrogen and oxygen atoms in total. The number of carbonyl (C=O) groups is 6. The molecule has 0 saturated heterocycles. The summed E-state index contributed by atoms with van der Waals surface area (Å²) in [5.74, 6) is -6.81. The van der Waals surface area contributed by atoms with E-state index >= 15 is 0 Å². The van der Waals surface area contributed by atoms with Gasteiger partial charge in [0.1, 0.15) is 18.1 Å². The maximum Gasteiger partial charge on any atom is 0.327 e. The van der Waals surface area contributed by atoms with Gasteiger partial charge in [-0.25, -0.2) is 19.6 Å². The predicted molar refractivity (Wildman–Crippen MR) is 205 cm³/mol. The number of aromatic amines is 1. The van der Waals surface area contributed by atoms with Gasteiger partial charge in [0.2, 0.25) is 23.7 Å². The van der Waals surface area contributed by atoms with Crippen molar-refractivity contribution in [1.82, 2.24) is 41.2 Å². The number of nitrogens with zero attached hydrogens (tertiary/aromatic N) is 3. The molecule has 0 aliphatic carbocycles. The number of hydrogen-bond acceptors (Lipinski definition) is 16. The Morgan fingerprint density at radius 3 is 2.27 bits per heavy atom. The summed E-state index contributed by atoms with van der Waals surface area (Å²) < 4.78 is 30.9. The first kappa shape index (κ1) is 44.9. The van der Waals surface area contributed by atoms with E-state index in [4.69, 9.17) is 10.3 Å². The molecule has 3 aromatic rings. The highest BCUT2D eigenvalue weighted by atomic mass is 33.1. The van der Waals surface area contributed by atoms with Gasteiger partial charge >= 0.3 is 11.9 Å². The topological polar surface area (TPSA) is 355 Å². The van der Waals surface area contributed by atoms with Gasteiger partial charge in [-0.2, -0.15) is 13.4 Å². The fourth-order valence-corrected chi connectivity index (χ4v) is 7.17. The third-order valence-corrected chi connectivity index (χ3v) is 10.7. The molecule has 0 unspecified atom stereocenters. The van der Waals surface area contributed by atoms with Crippen LogP contribution in [0.15, 0.2) is 35.3 Å². The fraction of sp³-hybridized carbons (Fsp3) is 0.419. The number of nitrogen functional groups attached to an aromatic ring is 1. The number of fused-ring (bicyclic) bond motifs is 1. The van der Waals surface area contributed by atoms with Crippen LogP contribution in [0, 0.1) is 0 Å². The zero-order valence-electron chi connectivity index (χ0n) is 29.6. The number of carboxylic acid groups (broad SMARTS) is 2. The third-order valence-electron chi connectivity index (χ3n) is 7.31. The highest BCUT2D eigenvalue weighted by Gasteiger charge is 2.29. The Morgan fingerprint density at radius 2 is 1.62 bits per heavy atom. The summed E-state index contributed by atoms with van der Waals surface area (Å²) in [6.45, 7) is 1.54. The summed E-state index contributed by atoms with van der Waals surface area (Å²) in [5.41, 5.74) is 6.04. The fourth-order valence-electron chi connectivity index (χ4n) is 4.52. The smallest absolute Gasteiger partial charge is 0.327 e. The summed E-state index contributed by atoms with van der Waals surface area (Å²) >= 11 is 0. The van der Waals surface area contributed by atoms with Gasteiger partial charge in [-0.1, -0.05) is 28.5 Å². The molecule has 0 saturated carbocycles. The van der Waals surface area contributed by atoms with Gasteiger partial charge < -0.3 is 42.5 Å². The van der Waals surface area contributed by atoms with Crippen molar-refractivity contribution in [2.75, 3.05) is 34.9 Å². The van der Waals surface area contributed by atoms with Crippen molar-refractivity contribution in [2.24, 2.45) is 0 Å². The molecular weight excluding hydrogens is 801 g/mol. The largest absolute Gasteiger partial charge is 0.480 e. The molecule has 3 atom stereocenters. The average Bonchev–Trinajstić information content (AvgIpc) is 3.12. The van der Waals surface area contributed by atoms with Crippen LogP contribution in [0.5, 0.6) is 0 Å². The minimum Gasteiger partial charge on any atom is -0.480 e. The lowest BCUT2D eigenvalue weighted by Crippen LogP contribution is -2.54. The quantitative estimate of drug-likeness (QED) is 0.0314. The van der Waals surface area contributed by atoms with Gasteiger partial charge in [-0.15, -0.1) is 0 Å². The minimum absolute atomic E-state index is 0.00357. The van der Waals surface area contributed by atoms with E-state index in [2.05, 4.69) is 46.5 Å². The number of benzene rings is 1. The van der Waals surface area contributed by atoms with Crippen LogP contribution < -0.4 is 37.9 Å². The summed E-state index contributed by atoms with van der Waals surface area (Å²) in [7, 11) is -1.85. The molecule has 0 spiro atoms. The molecule has 11 N–H and O–H groups in total. The number of H-pyrrole nitrogens is 1. The first-order valence-electron chi connectivity index (χ1n) is 16.6. The lowest BCUT2D eigenvalue weighted by atomic mass is 10.1. The normalized spacial score (nSPS) is 12.8. The van der Waals surface area contributed by atoms with Crippen LogP contribution in [0.4, 0.5) is 11.6 Å². The number of anilines is 2. The van der Waals surface area contributed by atoms with Crippen molar-refractivity contribution in [3.63, 3.8) is 0 Å². The summed E-state index contributed by atoms with van der Waals surface area (Å²) in [4.78, 5) is 102. The Morgan fingerprint density at radius 1 is 0.929 bits per heavy atom. The van der Waals surface area contributed by atoms with Crippen LogP contribution in [-0.2, 0) is 40.6 Å². The van der Waals surface area contributed by atoms with E-state index in [0.717, 1.165) is 12.2 Å². The number of carboxylic acids is 2. The molecule has 0 aliphatic heterocycles. The van der Waals surface area contributed by atoms with Crippen molar-refractivity contribution >= 4 is 90.1 Å². The highest BCUT2D eigenvalue weighted by molar-refractivity contribution is 8.76. The number of amides is 4. The van der Waals surface area contributed by atoms with Crippen LogP contribution >= 0.6 is 21.6 Å².